The number of halogens is 1. The summed E-state index contributed by atoms with van der Waals surface area (Å²) in [6.07, 6.45) is 0. The highest BCUT2D eigenvalue weighted by atomic mass is 35.5. The van der Waals surface area contributed by atoms with E-state index in [1.54, 1.807) is 12.1 Å². The topological polar surface area (TPSA) is 35.8 Å². The smallest absolute Gasteiger partial charge is 0.140 e. The normalized spacial score (nSPS) is 11.5. The number of hydrogen-bond acceptors (Lipinski definition) is 2. The van der Waals surface area contributed by atoms with E-state index in [-0.39, 0.29) is 6.04 Å². The van der Waals surface area contributed by atoms with E-state index in [1.807, 2.05) is 42.5 Å². The van der Waals surface area contributed by atoms with Crippen LogP contribution in [0.25, 0.3) is 0 Å². The minimum atomic E-state index is -0.350. The molecule has 17 heavy (non-hydrogen) atoms. The molecular formula is C14H11ClN2. The fraction of sp³-hybridized carbons (Fsp3) is 0.0714. The van der Waals surface area contributed by atoms with Crippen molar-refractivity contribution in [3.63, 3.8) is 0 Å². The monoisotopic (exact) mass is 242 g/mol. The van der Waals surface area contributed by atoms with Gasteiger partial charge in [0.05, 0.1) is 6.07 Å². The molecule has 0 heterocycles. The second kappa shape index (κ2) is 5.38. The van der Waals surface area contributed by atoms with Crippen molar-refractivity contribution in [3.8, 4) is 6.07 Å². The molecule has 1 atom stereocenters. The molecule has 0 aliphatic carbocycles. The van der Waals surface area contributed by atoms with Crippen molar-refractivity contribution in [2.75, 3.05) is 5.32 Å². The maximum Gasteiger partial charge on any atom is 0.140 e. The highest BCUT2D eigenvalue weighted by molar-refractivity contribution is 6.30. The fourth-order valence-corrected chi connectivity index (χ4v) is 1.67. The third-order valence-electron chi connectivity index (χ3n) is 2.42. The van der Waals surface area contributed by atoms with Gasteiger partial charge in [0.1, 0.15) is 6.04 Å². The van der Waals surface area contributed by atoms with Crippen molar-refractivity contribution in [2.45, 2.75) is 6.04 Å². The van der Waals surface area contributed by atoms with Crippen molar-refractivity contribution in [3.05, 3.63) is 65.2 Å². The first-order chi connectivity index (χ1) is 8.29. The summed E-state index contributed by atoms with van der Waals surface area (Å²) in [6, 6.07) is 18.8. The Hall–Kier alpha value is -1.98. The third kappa shape index (κ3) is 2.99. The number of nitrogens with zero attached hydrogens (tertiary/aromatic N) is 1. The van der Waals surface area contributed by atoms with E-state index >= 15 is 0 Å². The zero-order valence-electron chi connectivity index (χ0n) is 9.10. The van der Waals surface area contributed by atoms with Gasteiger partial charge in [-0.3, -0.25) is 0 Å². The van der Waals surface area contributed by atoms with E-state index in [2.05, 4.69) is 11.4 Å². The highest BCUT2D eigenvalue weighted by Gasteiger charge is 2.08. The quantitative estimate of drug-likeness (QED) is 0.883. The lowest BCUT2D eigenvalue weighted by atomic mass is 10.1. The van der Waals surface area contributed by atoms with Gasteiger partial charge in [0.15, 0.2) is 0 Å². The van der Waals surface area contributed by atoms with E-state index in [4.69, 9.17) is 16.9 Å². The molecular weight excluding hydrogens is 232 g/mol. The van der Waals surface area contributed by atoms with Crippen LogP contribution in [-0.4, -0.2) is 0 Å². The largest absolute Gasteiger partial charge is 0.366 e. The number of nitrogens with one attached hydrogen (secondary N) is 1. The van der Waals surface area contributed by atoms with Crippen LogP contribution in [0, 0.1) is 11.3 Å². The van der Waals surface area contributed by atoms with Crippen LogP contribution in [0.4, 0.5) is 5.69 Å². The van der Waals surface area contributed by atoms with Crippen LogP contribution in [0.15, 0.2) is 54.6 Å². The Balaban J connectivity index is 2.17. The van der Waals surface area contributed by atoms with Gasteiger partial charge in [-0.1, -0.05) is 41.9 Å². The van der Waals surface area contributed by atoms with Gasteiger partial charge in [0, 0.05) is 10.7 Å². The summed E-state index contributed by atoms with van der Waals surface area (Å²) in [5.74, 6) is 0. The summed E-state index contributed by atoms with van der Waals surface area (Å²) in [5, 5.41) is 13.0. The van der Waals surface area contributed by atoms with Gasteiger partial charge in [0.25, 0.3) is 0 Å². The summed E-state index contributed by atoms with van der Waals surface area (Å²) < 4.78 is 0. The second-order valence-electron chi connectivity index (χ2n) is 3.62. The predicted octanol–water partition coefficient (Wildman–Crippen LogP) is 4.02. The van der Waals surface area contributed by atoms with Crippen molar-refractivity contribution < 1.29 is 0 Å². The van der Waals surface area contributed by atoms with Crippen LogP contribution in [0.3, 0.4) is 0 Å². The molecule has 0 spiro atoms. The Morgan fingerprint density at radius 2 is 1.65 bits per heavy atom. The number of hydrogen-bond donors (Lipinski definition) is 1. The van der Waals surface area contributed by atoms with Crippen molar-refractivity contribution in [1.82, 2.24) is 0 Å². The van der Waals surface area contributed by atoms with Gasteiger partial charge in [-0.2, -0.15) is 5.26 Å². The Morgan fingerprint density at radius 3 is 2.24 bits per heavy atom. The lowest BCUT2D eigenvalue weighted by Crippen LogP contribution is -2.07. The standard InChI is InChI=1S/C14H11ClN2/c15-12-6-8-13(9-7-12)17-14(10-16)11-4-2-1-3-5-11/h1-9,14,17H. The van der Waals surface area contributed by atoms with Crippen LogP contribution in [0.5, 0.6) is 0 Å². The Bertz CT molecular complexity index is 514. The van der Waals surface area contributed by atoms with Crippen LogP contribution in [-0.2, 0) is 0 Å². The second-order valence-corrected chi connectivity index (χ2v) is 4.06. The minimum absolute atomic E-state index is 0.350. The molecule has 2 aromatic rings. The molecule has 1 N–H and O–H groups in total. The Morgan fingerprint density at radius 1 is 1.00 bits per heavy atom. The fourth-order valence-electron chi connectivity index (χ4n) is 1.55. The van der Waals surface area contributed by atoms with Crippen molar-refractivity contribution >= 4 is 17.3 Å². The van der Waals surface area contributed by atoms with Gasteiger partial charge in [-0.05, 0) is 29.8 Å². The first-order valence-electron chi connectivity index (χ1n) is 5.26. The summed E-state index contributed by atoms with van der Waals surface area (Å²) in [4.78, 5) is 0. The molecule has 1 unspecified atom stereocenters. The summed E-state index contributed by atoms with van der Waals surface area (Å²) in [7, 11) is 0. The third-order valence-corrected chi connectivity index (χ3v) is 2.67. The molecule has 0 aliphatic heterocycles. The zero-order valence-corrected chi connectivity index (χ0v) is 9.85. The van der Waals surface area contributed by atoms with Crippen LogP contribution < -0.4 is 5.32 Å². The summed E-state index contributed by atoms with van der Waals surface area (Å²) >= 11 is 5.81. The van der Waals surface area contributed by atoms with E-state index < -0.39 is 0 Å². The molecule has 0 saturated heterocycles. The lowest BCUT2D eigenvalue weighted by Gasteiger charge is -2.13. The van der Waals surface area contributed by atoms with Crippen molar-refractivity contribution in [1.29, 1.82) is 5.26 Å². The van der Waals surface area contributed by atoms with Gasteiger partial charge in [0.2, 0.25) is 0 Å². The van der Waals surface area contributed by atoms with Gasteiger partial charge in [-0.25, -0.2) is 0 Å². The van der Waals surface area contributed by atoms with Crippen LogP contribution in [0.1, 0.15) is 11.6 Å². The van der Waals surface area contributed by atoms with E-state index in [9.17, 15) is 0 Å². The van der Waals surface area contributed by atoms with E-state index in [0.717, 1.165) is 11.3 Å². The Labute approximate surface area is 105 Å². The molecule has 2 rings (SSSR count). The Kier molecular flexibility index (Phi) is 3.64. The summed E-state index contributed by atoms with van der Waals surface area (Å²) in [6.45, 7) is 0. The molecule has 84 valence electrons. The molecule has 0 radical (unpaired) electrons. The molecule has 0 bridgehead atoms. The van der Waals surface area contributed by atoms with Gasteiger partial charge in [-0.15, -0.1) is 0 Å². The molecule has 0 saturated carbocycles. The number of benzene rings is 2. The maximum absolute atomic E-state index is 9.16. The van der Waals surface area contributed by atoms with E-state index in [0.29, 0.717) is 5.02 Å². The molecule has 0 amide bonds. The van der Waals surface area contributed by atoms with Crippen LogP contribution >= 0.6 is 11.6 Å². The SMILES string of the molecule is N#CC(Nc1ccc(Cl)cc1)c1ccccc1. The zero-order chi connectivity index (χ0) is 12.1. The predicted molar refractivity (Wildman–Crippen MR) is 69.9 cm³/mol. The lowest BCUT2D eigenvalue weighted by molar-refractivity contribution is 0.998. The summed E-state index contributed by atoms with van der Waals surface area (Å²) in [5.41, 5.74) is 1.83. The number of anilines is 1. The molecule has 3 heteroatoms. The first kappa shape index (κ1) is 11.5. The van der Waals surface area contributed by atoms with Crippen molar-refractivity contribution in [2.24, 2.45) is 0 Å². The number of rotatable bonds is 3. The molecule has 2 aromatic carbocycles. The van der Waals surface area contributed by atoms with Gasteiger partial charge >= 0.3 is 0 Å². The van der Waals surface area contributed by atoms with Crippen LogP contribution in [0.2, 0.25) is 5.02 Å². The van der Waals surface area contributed by atoms with Gasteiger partial charge < -0.3 is 5.32 Å². The minimum Gasteiger partial charge on any atom is -0.366 e. The first-order valence-corrected chi connectivity index (χ1v) is 5.64. The molecule has 2 nitrogen and oxygen atoms in total. The average Bonchev–Trinajstić information content (AvgIpc) is 2.39. The number of nitriles is 1. The molecule has 0 aliphatic rings. The molecule has 0 aromatic heterocycles. The highest BCUT2D eigenvalue weighted by Crippen LogP contribution is 2.20. The average molecular weight is 243 g/mol. The van der Waals surface area contributed by atoms with E-state index in [1.165, 1.54) is 0 Å². The molecule has 0 fully saturated rings. The maximum atomic E-state index is 9.16.